The molecule has 5 rings (SSSR count). The van der Waals surface area contributed by atoms with E-state index in [9.17, 15) is 9.59 Å². The smallest absolute Gasteiger partial charge is 0.274 e. The Morgan fingerprint density at radius 2 is 1.26 bits per heavy atom. The van der Waals surface area contributed by atoms with Crippen molar-refractivity contribution in [2.24, 2.45) is 0 Å². The minimum Gasteiger partial charge on any atom is -0.367 e. The average molecular weight is 738 g/mol. The molecule has 3 heterocycles. The largest absolute Gasteiger partial charge is 0.367 e. The van der Waals surface area contributed by atoms with Crippen molar-refractivity contribution < 1.29 is 9.59 Å². The summed E-state index contributed by atoms with van der Waals surface area (Å²) in [5.74, 6) is -0.0577. The van der Waals surface area contributed by atoms with Crippen molar-refractivity contribution in [3.63, 3.8) is 0 Å². The Balaban J connectivity index is 0.000000168. The van der Waals surface area contributed by atoms with Crippen LogP contribution in [-0.4, -0.2) is 47.2 Å². The third kappa shape index (κ3) is 6.64. The fraction of sp³-hybridized carbons (Fsp3) is 0.385. The summed E-state index contributed by atoms with van der Waals surface area (Å²) in [6.07, 6.45) is 6.81. The van der Waals surface area contributed by atoms with Gasteiger partial charge in [0.2, 0.25) is 0 Å². The van der Waals surface area contributed by atoms with E-state index in [0.717, 1.165) is 53.1 Å². The first-order valence-corrected chi connectivity index (χ1v) is 14.7. The van der Waals surface area contributed by atoms with E-state index in [2.05, 4.69) is 68.3 Å². The van der Waals surface area contributed by atoms with Gasteiger partial charge >= 0.3 is 0 Å². The van der Waals surface area contributed by atoms with E-state index in [1.165, 1.54) is 16.4 Å². The molecule has 35 heavy (non-hydrogen) atoms. The first kappa shape index (κ1) is 27.0. The molecule has 3 aliphatic heterocycles. The van der Waals surface area contributed by atoms with Crippen molar-refractivity contribution in [2.75, 3.05) is 36.0 Å². The van der Waals surface area contributed by atoms with Crippen molar-refractivity contribution in [1.29, 1.82) is 0 Å². The van der Waals surface area contributed by atoms with Crippen molar-refractivity contribution >= 4 is 91.6 Å². The molecule has 2 saturated heterocycles. The molecule has 0 N–H and O–H groups in total. The summed E-state index contributed by atoms with van der Waals surface area (Å²) in [6.45, 7) is 3.52. The molecule has 3 aliphatic rings. The second-order valence-corrected chi connectivity index (χ2v) is 12.7. The summed E-state index contributed by atoms with van der Waals surface area (Å²) in [4.78, 5) is 30.4. The summed E-state index contributed by atoms with van der Waals surface area (Å²) in [5.41, 5.74) is 2.77. The molecule has 0 spiro atoms. The van der Waals surface area contributed by atoms with Gasteiger partial charge in [-0.1, -0.05) is 29.3 Å². The number of piperidine rings is 1. The Morgan fingerprint density at radius 3 is 1.83 bits per heavy atom. The van der Waals surface area contributed by atoms with E-state index in [0.29, 0.717) is 13.0 Å². The van der Waals surface area contributed by atoms with Crippen LogP contribution in [0.15, 0.2) is 60.3 Å². The van der Waals surface area contributed by atoms with Crippen LogP contribution in [0.3, 0.4) is 0 Å². The minimum absolute atomic E-state index is 0.161. The van der Waals surface area contributed by atoms with E-state index in [1.54, 1.807) is 4.90 Å². The van der Waals surface area contributed by atoms with Crippen LogP contribution >= 0.6 is 68.4 Å². The van der Waals surface area contributed by atoms with Gasteiger partial charge in [-0.3, -0.25) is 9.59 Å². The number of alkyl halides is 2. The lowest BCUT2D eigenvalue weighted by Crippen LogP contribution is -2.47. The Morgan fingerprint density at radius 1 is 0.714 bits per heavy atom. The standard InChI is InChI=1S/C15H17IN2O.C11H10Cl2INO/c16-12-5-7-13(8-6-12)18-11-3-4-14(15(18)19)17-9-1-2-10-17;12-11(13)6-1-7-15(10(11)16)9-4-2-8(14)3-5-9/h4-8H,1-3,9-11H2;2-5H,1,6-7H2. The van der Waals surface area contributed by atoms with Crippen LogP contribution in [0.2, 0.25) is 0 Å². The summed E-state index contributed by atoms with van der Waals surface area (Å²) < 4.78 is 1.07. The van der Waals surface area contributed by atoms with E-state index < -0.39 is 4.33 Å². The molecule has 0 bridgehead atoms. The second kappa shape index (κ2) is 12.0. The quantitative estimate of drug-likeness (QED) is 0.264. The molecule has 9 heteroatoms. The van der Waals surface area contributed by atoms with Crippen LogP contribution in [0.4, 0.5) is 11.4 Å². The fourth-order valence-electron chi connectivity index (χ4n) is 4.48. The van der Waals surface area contributed by atoms with Gasteiger partial charge in [-0.05, 0) is 126 Å². The van der Waals surface area contributed by atoms with E-state index in [1.807, 2.05) is 41.3 Å². The number of carbonyl (C=O) groups is 2. The normalized spacial score (nSPS) is 19.9. The number of carbonyl (C=O) groups excluding carboxylic acids is 2. The van der Waals surface area contributed by atoms with Crippen LogP contribution in [-0.2, 0) is 9.59 Å². The predicted octanol–water partition coefficient (Wildman–Crippen LogP) is 6.60. The number of anilines is 2. The van der Waals surface area contributed by atoms with E-state index in [4.69, 9.17) is 23.2 Å². The second-order valence-electron chi connectivity index (χ2n) is 8.75. The Hall–Kier alpha value is -1.04. The number of rotatable bonds is 3. The predicted molar refractivity (Wildman–Crippen MR) is 160 cm³/mol. The van der Waals surface area contributed by atoms with Crippen molar-refractivity contribution in [1.82, 2.24) is 4.90 Å². The molecule has 2 aromatic carbocycles. The van der Waals surface area contributed by atoms with E-state index >= 15 is 0 Å². The first-order valence-electron chi connectivity index (χ1n) is 11.7. The number of hydrogen-bond donors (Lipinski definition) is 0. The zero-order valence-electron chi connectivity index (χ0n) is 19.2. The number of likely N-dealkylation sites (tertiary alicyclic amines) is 1. The van der Waals surface area contributed by atoms with Gasteiger partial charge in [0.05, 0.1) is 5.70 Å². The van der Waals surface area contributed by atoms with Gasteiger partial charge in [0.25, 0.3) is 11.8 Å². The maximum atomic E-state index is 12.6. The molecule has 5 nitrogen and oxygen atoms in total. The van der Waals surface area contributed by atoms with Crippen molar-refractivity contribution in [2.45, 2.75) is 36.4 Å². The summed E-state index contributed by atoms with van der Waals surface area (Å²) in [6, 6.07) is 15.9. The maximum absolute atomic E-state index is 12.6. The molecule has 186 valence electrons. The molecule has 0 unspecified atom stereocenters. The van der Waals surface area contributed by atoms with Gasteiger partial charge in [-0.15, -0.1) is 0 Å². The van der Waals surface area contributed by atoms with Crippen LogP contribution in [0.1, 0.15) is 32.1 Å². The topological polar surface area (TPSA) is 43.9 Å². The molecule has 0 saturated carbocycles. The highest BCUT2D eigenvalue weighted by molar-refractivity contribution is 14.1. The lowest BCUT2D eigenvalue weighted by Gasteiger charge is -2.33. The molecule has 0 aromatic heterocycles. The number of hydrogen-bond acceptors (Lipinski definition) is 3. The third-order valence-electron chi connectivity index (χ3n) is 6.31. The molecule has 0 aliphatic carbocycles. The Bertz CT molecular complexity index is 1080. The van der Waals surface area contributed by atoms with Gasteiger partial charge in [0.1, 0.15) is 0 Å². The molecular weight excluding hydrogens is 711 g/mol. The summed E-state index contributed by atoms with van der Waals surface area (Å²) in [7, 11) is 0. The van der Waals surface area contributed by atoms with Crippen LogP contribution in [0.5, 0.6) is 0 Å². The van der Waals surface area contributed by atoms with Crippen molar-refractivity contribution in [3.8, 4) is 0 Å². The first-order chi connectivity index (χ1) is 16.8. The zero-order chi connectivity index (χ0) is 25.0. The van der Waals surface area contributed by atoms with Gasteiger partial charge in [0, 0.05) is 44.7 Å². The van der Waals surface area contributed by atoms with Gasteiger partial charge in [0.15, 0.2) is 4.33 Å². The molecule has 2 fully saturated rings. The zero-order valence-corrected chi connectivity index (χ0v) is 25.1. The lowest BCUT2D eigenvalue weighted by molar-refractivity contribution is -0.120. The molecular formula is C26H27Cl2I2N3O2. The molecule has 2 amide bonds. The van der Waals surface area contributed by atoms with Crippen LogP contribution < -0.4 is 9.80 Å². The molecule has 2 aromatic rings. The minimum atomic E-state index is -1.26. The highest BCUT2D eigenvalue weighted by Gasteiger charge is 2.41. The highest BCUT2D eigenvalue weighted by Crippen LogP contribution is 2.35. The number of amides is 2. The SMILES string of the molecule is O=C1C(N2CCCC2)=CCCN1c1ccc(I)cc1.O=C1N(c2ccc(I)cc2)CCCC1(Cl)Cl. The maximum Gasteiger partial charge on any atom is 0.274 e. The number of benzene rings is 2. The molecule has 0 radical (unpaired) electrons. The Kier molecular flexibility index (Phi) is 9.26. The van der Waals surface area contributed by atoms with Crippen LogP contribution in [0, 0.1) is 7.14 Å². The van der Waals surface area contributed by atoms with Gasteiger partial charge < -0.3 is 14.7 Å². The lowest BCUT2D eigenvalue weighted by atomic mass is 10.1. The summed E-state index contributed by atoms with van der Waals surface area (Å²) >= 11 is 16.5. The van der Waals surface area contributed by atoms with Gasteiger partial charge in [-0.2, -0.15) is 0 Å². The van der Waals surface area contributed by atoms with E-state index in [-0.39, 0.29) is 11.8 Å². The fourth-order valence-corrected chi connectivity index (χ4v) is 5.67. The average Bonchev–Trinajstić information content (AvgIpc) is 3.38. The Labute approximate surface area is 244 Å². The molecule has 0 atom stereocenters. The summed E-state index contributed by atoms with van der Waals surface area (Å²) in [5, 5.41) is 0. The van der Waals surface area contributed by atoms with Crippen molar-refractivity contribution in [3.05, 3.63) is 67.4 Å². The number of nitrogens with zero attached hydrogens (tertiary/aromatic N) is 3. The third-order valence-corrected chi connectivity index (χ3v) is 8.45. The highest BCUT2D eigenvalue weighted by atomic mass is 127. The van der Waals surface area contributed by atoms with Gasteiger partial charge in [-0.25, -0.2) is 0 Å². The number of halogens is 4. The monoisotopic (exact) mass is 737 g/mol. The van der Waals surface area contributed by atoms with Crippen LogP contribution in [0.25, 0.3) is 0 Å².